The number of aromatic amines is 1. The zero-order valence-electron chi connectivity index (χ0n) is 8.84. The van der Waals surface area contributed by atoms with E-state index >= 15 is 0 Å². The van der Waals surface area contributed by atoms with Crippen LogP contribution in [0.5, 0.6) is 0 Å². The second-order valence-corrected chi connectivity index (χ2v) is 3.95. The number of hydrogen-bond donors (Lipinski definition) is 3. The van der Waals surface area contributed by atoms with Gasteiger partial charge >= 0.3 is 0 Å². The summed E-state index contributed by atoms with van der Waals surface area (Å²) in [5.41, 5.74) is 1.37. The summed E-state index contributed by atoms with van der Waals surface area (Å²) >= 11 is 0. The average Bonchev–Trinajstić information content (AvgIpc) is 2.66. The SMILES string of the molecule is Cc1cc(C(=O)N[C@@H]2CCCNC2)n[nH]1. The zero-order valence-corrected chi connectivity index (χ0v) is 8.84. The molecule has 0 spiro atoms. The Labute approximate surface area is 88.6 Å². The van der Waals surface area contributed by atoms with E-state index in [2.05, 4.69) is 20.8 Å². The maximum Gasteiger partial charge on any atom is 0.272 e. The van der Waals surface area contributed by atoms with Gasteiger partial charge in [0.15, 0.2) is 0 Å². The molecule has 5 nitrogen and oxygen atoms in total. The third-order valence-electron chi connectivity index (χ3n) is 2.57. The molecule has 2 rings (SSSR count). The van der Waals surface area contributed by atoms with Gasteiger partial charge in [-0.3, -0.25) is 9.89 Å². The predicted molar refractivity (Wildman–Crippen MR) is 56.7 cm³/mol. The fourth-order valence-corrected chi connectivity index (χ4v) is 1.77. The van der Waals surface area contributed by atoms with Crippen LogP contribution in [-0.4, -0.2) is 35.2 Å². The lowest BCUT2D eigenvalue weighted by Gasteiger charge is -2.23. The van der Waals surface area contributed by atoms with Crippen molar-refractivity contribution in [1.29, 1.82) is 0 Å². The number of rotatable bonds is 2. The molecule has 0 radical (unpaired) electrons. The lowest BCUT2D eigenvalue weighted by atomic mass is 10.1. The summed E-state index contributed by atoms with van der Waals surface area (Å²) < 4.78 is 0. The fraction of sp³-hybridized carbons (Fsp3) is 0.600. The first kappa shape index (κ1) is 10.2. The third-order valence-corrected chi connectivity index (χ3v) is 2.57. The van der Waals surface area contributed by atoms with E-state index in [9.17, 15) is 4.79 Å². The van der Waals surface area contributed by atoms with Crippen LogP contribution in [0.15, 0.2) is 6.07 Å². The highest BCUT2D eigenvalue weighted by Crippen LogP contribution is 2.03. The molecule has 1 aromatic heterocycles. The van der Waals surface area contributed by atoms with E-state index in [-0.39, 0.29) is 11.9 Å². The second kappa shape index (κ2) is 4.44. The highest BCUT2D eigenvalue weighted by atomic mass is 16.2. The van der Waals surface area contributed by atoms with Crippen LogP contribution >= 0.6 is 0 Å². The van der Waals surface area contributed by atoms with Crippen LogP contribution in [0.3, 0.4) is 0 Å². The van der Waals surface area contributed by atoms with Crippen molar-refractivity contribution in [3.05, 3.63) is 17.5 Å². The summed E-state index contributed by atoms with van der Waals surface area (Å²) in [4.78, 5) is 11.7. The minimum Gasteiger partial charge on any atom is -0.347 e. The van der Waals surface area contributed by atoms with Gasteiger partial charge in [0.1, 0.15) is 5.69 Å². The van der Waals surface area contributed by atoms with Gasteiger partial charge < -0.3 is 10.6 Å². The molecule has 2 heterocycles. The van der Waals surface area contributed by atoms with Crippen LogP contribution in [0.25, 0.3) is 0 Å². The summed E-state index contributed by atoms with van der Waals surface area (Å²) in [5, 5.41) is 12.9. The third kappa shape index (κ3) is 2.56. The van der Waals surface area contributed by atoms with Crippen LogP contribution in [0.2, 0.25) is 0 Å². The molecule has 1 atom stereocenters. The molecule has 1 fully saturated rings. The van der Waals surface area contributed by atoms with Crippen LogP contribution in [-0.2, 0) is 0 Å². The number of carbonyl (C=O) groups is 1. The molecule has 0 saturated carbocycles. The minimum absolute atomic E-state index is 0.0898. The van der Waals surface area contributed by atoms with Gasteiger partial charge in [-0.05, 0) is 32.4 Å². The predicted octanol–water partition coefficient (Wildman–Crippen LogP) is 0.200. The van der Waals surface area contributed by atoms with Crippen molar-refractivity contribution in [2.75, 3.05) is 13.1 Å². The molecule has 0 aromatic carbocycles. The fourth-order valence-electron chi connectivity index (χ4n) is 1.77. The molecule has 5 heteroatoms. The van der Waals surface area contributed by atoms with Crippen molar-refractivity contribution in [3.63, 3.8) is 0 Å². The molecular formula is C10H16N4O. The first-order chi connectivity index (χ1) is 7.25. The Bertz CT molecular complexity index is 341. The number of H-pyrrole nitrogens is 1. The van der Waals surface area contributed by atoms with E-state index in [4.69, 9.17) is 0 Å². The van der Waals surface area contributed by atoms with E-state index in [0.29, 0.717) is 5.69 Å². The van der Waals surface area contributed by atoms with Gasteiger partial charge in [-0.2, -0.15) is 5.10 Å². The van der Waals surface area contributed by atoms with Crippen molar-refractivity contribution in [2.24, 2.45) is 0 Å². The maximum atomic E-state index is 11.7. The summed E-state index contributed by atoms with van der Waals surface area (Å²) in [6.07, 6.45) is 2.16. The van der Waals surface area contributed by atoms with Crippen LogP contribution < -0.4 is 10.6 Å². The van der Waals surface area contributed by atoms with Gasteiger partial charge in [-0.15, -0.1) is 0 Å². The molecule has 1 aliphatic rings. The van der Waals surface area contributed by atoms with Gasteiger partial charge in [-0.1, -0.05) is 0 Å². The number of nitrogens with one attached hydrogen (secondary N) is 3. The number of piperidine rings is 1. The Morgan fingerprint density at radius 1 is 1.67 bits per heavy atom. The van der Waals surface area contributed by atoms with Gasteiger partial charge in [0.2, 0.25) is 0 Å². The van der Waals surface area contributed by atoms with E-state index in [0.717, 1.165) is 31.6 Å². The highest BCUT2D eigenvalue weighted by Gasteiger charge is 2.17. The molecule has 0 bridgehead atoms. The van der Waals surface area contributed by atoms with E-state index in [1.165, 1.54) is 0 Å². The Balaban J connectivity index is 1.91. The lowest BCUT2D eigenvalue weighted by Crippen LogP contribution is -2.45. The molecule has 1 aliphatic heterocycles. The van der Waals surface area contributed by atoms with Crippen molar-refractivity contribution < 1.29 is 4.79 Å². The van der Waals surface area contributed by atoms with Gasteiger partial charge in [0, 0.05) is 18.3 Å². The number of amides is 1. The summed E-state index contributed by atoms with van der Waals surface area (Å²) in [7, 11) is 0. The number of aromatic nitrogens is 2. The quantitative estimate of drug-likeness (QED) is 0.650. The van der Waals surface area contributed by atoms with Gasteiger partial charge in [0.05, 0.1) is 0 Å². The number of aryl methyl sites for hydroxylation is 1. The smallest absolute Gasteiger partial charge is 0.272 e. The van der Waals surface area contributed by atoms with Crippen LogP contribution in [0, 0.1) is 6.92 Å². The second-order valence-electron chi connectivity index (χ2n) is 3.95. The Morgan fingerprint density at radius 3 is 3.13 bits per heavy atom. The molecule has 0 aliphatic carbocycles. The Hall–Kier alpha value is -1.36. The van der Waals surface area contributed by atoms with Crippen molar-refractivity contribution in [2.45, 2.75) is 25.8 Å². The minimum atomic E-state index is -0.0898. The first-order valence-corrected chi connectivity index (χ1v) is 5.29. The largest absolute Gasteiger partial charge is 0.347 e. The number of carbonyl (C=O) groups excluding carboxylic acids is 1. The first-order valence-electron chi connectivity index (χ1n) is 5.29. The van der Waals surface area contributed by atoms with E-state index in [1.807, 2.05) is 6.92 Å². The molecule has 3 N–H and O–H groups in total. The Morgan fingerprint density at radius 2 is 2.53 bits per heavy atom. The molecule has 0 unspecified atom stereocenters. The number of hydrogen-bond acceptors (Lipinski definition) is 3. The van der Waals surface area contributed by atoms with Crippen LogP contribution in [0.1, 0.15) is 29.0 Å². The topological polar surface area (TPSA) is 69.8 Å². The molecule has 1 aromatic rings. The molecule has 15 heavy (non-hydrogen) atoms. The Kier molecular flexibility index (Phi) is 3.01. The zero-order chi connectivity index (χ0) is 10.7. The van der Waals surface area contributed by atoms with E-state index in [1.54, 1.807) is 6.07 Å². The van der Waals surface area contributed by atoms with Crippen molar-refractivity contribution in [1.82, 2.24) is 20.8 Å². The summed E-state index contributed by atoms with van der Waals surface area (Å²) in [6, 6.07) is 1.99. The normalized spacial score (nSPS) is 21.3. The monoisotopic (exact) mass is 208 g/mol. The van der Waals surface area contributed by atoms with Gasteiger partial charge in [-0.25, -0.2) is 0 Å². The van der Waals surface area contributed by atoms with Crippen molar-refractivity contribution >= 4 is 5.91 Å². The highest BCUT2D eigenvalue weighted by molar-refractivity contribution is 5.92. The van der Waals surface area contributed by atoms with Crippen molar-refractivity contribution in [3.8, 4) is 0 Å². The maximum absolute atomic E-state index is 11.7. The van der Waals surface area contributed by atoms with E-state index < -0.39 is 0 Å². The lowest BCUT2D eigenvalue weighted by molar-refractivity contribution is 0.0925. The average molecular weight is 208 g/mol. The molecule has 82 valence electrons. The van der Waals surface area contributed by atoms with Gasteiger partial charge in [0.25, 0.3) is 5.91 Å². The number of nitrogens with zero attached hydrogens (tertiary/aromatic N) is 1. The summed E-state index contributed by atoms with van der Waals surface area (Å²) in [6.45, 7) is 3.79. The molecule has 1 amide bonds. The summed E-state index contributed by atoms with van der Waals surface area (Å²) in [5.74, 6) is -0.0898. The van der Waals surface area contributed by atoms with Crippen LogP contribution in [0.4, 0.5) is 0 Å². The standard InChI is InChI=1S/C10H16N4O/c1-7-5-9(14-13-7)10(15)12-8-3-2-4-11-6-8/h5,8,11H,2-4,6H2,1H3,(H,12,15)(H,13,14)/t8-/m1/s1. The molecule has 1 saturated heterocycles. The molecular weight excluding hydrogens is 192 g/mol.